The summed E-state index contributed by atoms with van der Waals surface area (Å²) in [4.78, 5) is 0. The molecule has 100 valence electrons. The Kier molecular flexibility index (Phi) is 4.46. The lowest BCUT2D eigenvalue weighted by atomic mass is 10.1. The first kappa shape index (κ1) is 13.9. The van der Waals surface area contributed by atoms with Crippen molar-refractivity contribution >= 4 is 11.6 Å². The topological polar surface area (TPSA) is 35.2 Å². The molecule has 0 saturated heterocycles. The highest BCUT2D eigenvalue weighted by molar-refractivity contribution is 6.30. The average molecular weight is 276 g/mol. The molecule has 1 atom stereocenters. The number of benzene rings is 2. The molecule has 0 spiro atoms. The zero-order valence-corrected chi connectivity index (χ0v) is 11.9. The Morgan fingerprint density at radius 2 is 1.79 bits per heavy atom. The zero-order valence-electron chi connectivity index (χ0n) is 11.2. The van der Waals surface area contributed by atoms with Gasteiger partial charge in [-0.05, 0) is 43.2 Å². The molecular formula is C16H18ClNO. The molecule has 0 amide bonds. The summed E-state index contributed by atoms with van der Waals surface area (Å²) in [7, 11) is 0. The first-order valence-electron chi connectivity index (χ1n) is 6.29. The summed E-state index contributed by atoms with van der Waals surface area (Å²) in [6.45, 7) is 4.53. The molecule has 0 heterocycles. The van der Waals surface area contributed by atoms with Gasteiger partial charge < -0.3 is 10.5 Å². The lowest BCUT2D eigenvalue weighted by Crippen LogP contribution is -2.18. The Bertz CT molecular complexity index is 551. The van der Waals surface area contributed by atoms with Crippen molar-refractivity contribution < 1.29 is 4.74 Å². The summed E-state index contributed by atoms with van der Waals surface area (Å²) >= 11 is 5.89. The van der Waals surface area contributed by atoms with Gasteiger partial charge in [0.05, 0.1) is 0 Å². The van der Waals surface area contributed by atoms with E-state index in [1.165, 1.54) is 5.56 Å². The standard InChI is InChI=1S/C16H18ClNO/c1-11-3-8-15(12(2)9-11)19-16(10-18)13-4-6-14(17)7-5-13/h3-9,16H,10,18H2,1-2H3. The highest BCUT2D eigenvalue weighted by Crippen LogP contribution is 2.26. The Morgan fingerprint density at radius 3 is 2.37 bits per heavy atom. The fourth-order valence-corrected chi connectivity index (χ4v) is 2.14. The number of aryl methyl sites for hydroxylation is 2. The highest BCUT2D eigenvalue weighted by Gasteiger charge is 2.12. The van der Waals surface area contributed by atoms with E-state index in [1.54, 1.807) is 0 Å². The largest absolute Gasteiger partial charge is 0.484 e. The van der Waals surface area contributed by atoms with E-state index in [0.717, 1.165) is 16.9 Å². The second-order valence-corrected chi connectivity index (χ2v) is 5.10. The third kappa shape index (κ3) is 3.49. The fraction of sp³-hybridized carbons (Fsp3) is 0.250. The van der Waals surface area contributed by atoms with Crippen molar-refractivity contribution in [3.63, 3.8) is 0 Å². The van der Waals surface area contributed by atoms with Crippen LogP contribution in [-0.4, -0.2) is 6.54 Å². The smallest absolute Gasteiger partial charge is 0.136 e. The minimum Gasteiger partial charge on any atom is -0.484 e. The van der Waals surface area contributed by atoms with Crippen LogP contribution in [0.1, 0.15) is 22.8 Å². The summed E-state index contributed by atoms with van der Waals surface area (Å²) in [5, 5.41) is 0.714. The molecule has 2 aromatic rings. The van der Waals surface area contributed by atoms with E-state index in [4.69, 9.17) is 22.1 Å². The molecule has 0 aliphatic heterocycles. The molecule has 2 aromatic carbocycles. The van der Waals surface area contributed by atoms with E-state index in [-0.39, 0.29) is 6.10 Å². The Balaban J connectivity index is 2.21. The Labute approximate surface area is 119 Å². The maximum Gasteiger partial charge on any atom is 0.136 e. The number of hydrogen-bond donors (Lipinski definition) is 1. The van der Waals surface area contributed by atoms with Crippen LogP contribution in [0.4, 0.5) is 0 Å². The average Bonchev–Trinajstić information content (AvgIpc) is 2.39. The predicted octanol–water partition coefficient (Wildman–Crippen LogP) is 4.04. The van der Waals surface area contributed by atoms with E-state index in [9.17, 15) is 0 Å². The van der Waals surface area contributed by atoms with Gasteiger partial charge in [-0.2, -0.15) is 0 Å². The molecule has 0 fully saturated rings. The van der Waals surface area contributed by atoms with Crippen LogP contribution in [0.5, 0.6) is 5.75 Å². The van der Waals surface area contributed by atoms with E-state index >= 15 is 0 Å². The number of hydrogen-bond acceptors (Lipinski definition) is 2. The van der Waals surface area contributed by atoms with Crippen LogP contribution < -0.4 is 10.5 Å². The number of ether oxygens (including phenoxy) is 1. The molecule has 2 rings (SSSR count). The maximum atomic E-state index is 6.01. The summed E-state index contributed by atoms with van der Waals surface area (Å²) < 4.78 is 6.01. The SMILES string of the molecule is Cc1ccc(OC(CN)c2ccc(Cl)cc2)c(C)c1. The monoisotopic (exact) mass is 275 g/mol. The van der Waals surface area contributed by atoms with Gasteiger partial charge in [0.25, 0.3) is 0 Å². The highest BCUT2D eigenvalue weighted by atomic mass is 35.5. The van der Waals surface area contributed by atoms with Crippen molar-refractivity contribution in [3.8, 4) is 5.75 Å². The quantitative estimate of drug-likeness (QED) is 0.914. The van der Waals surface area contributed by atoms with Crippen molar-refractivity contribution in [2.75, 3.05) is 6.54 Å². The van der Waals surface area contributed by atoms with Gasteiger partial charge in [0.15, 0.2) is 0 Å². The van der Waals surface area contributed by atoms with Gasteiger partial charge in [0, 0.05) is 11.6 Å². The summed E-state index contributed by atoms with van der Waals surface area (Å²) in [6.07, 6.45) is -0.154. The van der Waals surface area contributed by atoms with Crippen molar-refractivity contribution in [2.45, 2.75) is 20.0 Å². The molecule has 19 heavy (non-hydrogen) atoms. The van der Waals surface area contributed by atoms with Crippen LogP contribution in [-0.2, 0) is 0 Å². The van der Waals surface area contributed by atoms with Crippen LogP contribution in [0.2, 0.25) is 5.02 Å². The van der Waals surface area contributed by atoms with Crippen molar-refractivity contribution in [1.82, 2.24) is 0 Å². The van der Waals surface area contributed by atoms with E-state index in [0.29, 0.717) is 11.6 Å². The minimum absolute atomic E-state index is 0.154. The molecule has 1 unspecified atom stereocenters. The van der Waals surface area contributed by atoms with Crippen molar-refractivity contribution in [3.05, 3.63) is 64.2 Å². The second kappa shape index (κ2) is 6.09. The van der Waals surface area contributed by atoms with Crippen LogP contribution in [0.25, 0.3) is 0 Å². The molecule has 2 N–H and O–H groups in total. The van der Waals surface area contributed by atoms with Gasteiger partial charge in [-0.15, -0.1) is 0 Å². The third-order valence-corrected chi connectivity index (χ3v) is 3.31. The Morgan fingerprint density at radius 1 is 1.11 bits per heavy atom. The van der Waals surface area contributed by atoms with Gasteiger partial charge in [-0.25, -0.2) is 0 Å². The lowest BCUT2D eigenvalue weighted by Gasteiger charge is -2.19. The third-order valence-electron chi connectivity index (χ3n) is 3.06. The molecule has 0 saturated carbocycles. The van der Waals surface area contributed by atoms with Gasteiger partial charge in [0.2, 0.25) is 0 Å². The minimum atomic E-state index is -0.154. The molecule has 3 heteroatoms. The van der Waals surface area contributed by atoms with Gasteiger partial charge in [-0.3, -0.25) is 0 Å². The predicted molar refractivity (Wildman–Crippen MR) is 79.8 cm³/mol. The van der Waals surface area contributed by atoms with Gasteiger partial charge >= 0.3 is 0 Å². The first-order chi connectivity index (χ1) is 9.10. The number of rotatable bonds is 4. The van der Waals surface area contributed by atoms with Crippen LogP contribution >= 0.6 is 11.6 Å². The van der Waals surface area contributed by atoms with Crippen molar-refractivity contribution in [2.24, 2.45) is 5.73 Å². The van der Waals surface area contributed by atoms with E-state index in [2.05, 4.69) is 13.0 Å². The maximum absolute atomic E-state index is 6.01. The molecule has 0 radical (unpaired) electrons. The zero-order chi connectivity index (χ0) is 13.8. The first-order valence-corrected chi connectivity index (χ1v) is 6.67. The van der Waals surface area contributed by atoms with Crippen LogP contribution in [0, 0.1) is 13.8 Å². The van der Waals surface area contributed by atoms with Crippen LogP contribution in [0.3, 0.4) is 0 Å². The van der Waals surface area contributed by atoms with E-state index < -0.39 is 0 Å². The van der Waals surface area contributed by atoms with Crippen molar-refractivity contribution in [1.29, 1.82) is 0 Å². The summed E-state index contributed by atoms with van der Waals surface area (Å²) in [6, 6.07) is 13.7. The normalized spacial score (nSPS) is 12.2. The summed E-state index contributed by atoms with van der Waals surface area (Å²) in [5.41, 5.74) is 9.19. The second-order valence-electron chi connectivity index (χ2n) is 4.66. The van der Waals surface area contributed by atoms with Gasteiger partial charge in [0.1, 0.15) is 11.9 Å². The Hall–Kier alpha value is -1.51. The van der Waals surface area contributed by atoms with E-state index in [1.807, 2.05) is 43.3 Å². The molecule has 0 aromatic heterocycles. The number of halogens is 1. The van der Waals surface area contributed by atoms with Crippen LogP contribution in [0.15, 0.2) is 42.5 Å². The van der Waals surface area contributed by atoms with Gasteiger partial charge in [-0.1, -0.05) is 41.4 Å². The summed E-state index contributed by atoms with van der Waals surface area (Å²) in [5.74, 6) is 0.871. The molecule has 0 bridgehead atoms. The molecule has 2 nitrogen and oxygen atoms in total. The molecular weight excluding hydrogens is 258 g/mol. The number of nitrogens with two attached hydrogens (primary N) is 1. The fourth-order valence-electron chi connectivity index (χ4n) is 2.01. The lowest BCUT2D eigenvalue weighted by molar-refractivity contribution is 0.213. The molecule has 0 aliphatic rings. The molecule has 0 aliphatic carbocycles.